The zero-order chi connectivity index (χ0) is 21.8. The molecule has 0 aliphatic rings. The molecule has 0 saturated heterocycles. The summed E-state index contributed by atoms with van der Waals surface area (Å²) in [5.74, 6) is 2.23. The Morgan fingerprint density at radius 3 is 2.30 bits per heavy atom. The SMILES string of the molecule is CCC.CCc1nc(-c2cccc(C=O)c2)no1.Cc1nnc(-c2ccncc2)o1. The second kappa shape index (κ2) is 12.0. The summed E-state index contributed by atoms with van der Waals surface area (Å²) in [5, 5.41) is 11.4. The molecule has 0 N–H and O–H groups in total. The molecule has 0 radical (unpaired) electrons. The molecule has 30 heavy (non-hydrogen) atoms. The zero-order valence-corrected chi connectivity index (χ0v) is 17.6. The first-order valence-electron chi connectivity index (χ1n) is 9.69. The van der Waals surface area contributed by atoms with Crippen LogP contribution in [0.4, 0.5) is 0 Å². The molecule has 8 nitrogen and oxygen atoms in total. The number of aromatic nitrogens is 5. The molecule has 0 unspecified atom stereocenters. The number of aryl methyl sites for hydroxylation is 2. The molecule has 0 amide bonds. The number of rotatable bonds is 4. The summed E-state index contributed by atoms with van der Waals surface area (Å²) in [5.41, 5.74) is 2.30. The van der Waals surface area contributed by atoms with E-state index in [0.29, 0.717) is 35.5 Å². The van der Waals surface area contributed by atoms with Crippen molar-refractivity contribution < 1.29 is 13.7 Å². The van der Waals surface area contributed by atoms with Crippen LogP contribution in [-0.4, -0.2) is 31.6 Å². The number of hydrogen-bond acceptors (Lipinski definition) is 8. The summed E-state index contributed by atoms with van der Waals surface area (Å²) >= 11 is 0. The van der Waals surface area contributed by atoms with E-state index in [4.69, 9.17) is 8.94 Å². The van der Waals surface area contributed by atoms with Gasteiger partial charge in [0.25, 0.3) is 0 Å². The molecule has 1 aromatic carbocycles. The zero-order valence-electron chi connectivity index (χ0n) is 17.6. The van der Waals surface area contributed by atoms with Crippen LogP contribution < -0.4 is 0 Å². The molecule has 0 atom stereocenters. The molecule has 4 rings (SSSR count). The minimum atomic E-state index is 0.524. The van der Waals surface area contributed by atoms with E-state index in [1.807, 2.05) is 25.1 Å². The highest BCUT2D eigenvalue weighted by Crippen LogP contribution is 2.17. The first kappa shape index (κ1) is 22.6. The van der Waals surface area contributed by atoms with Crippen molar-refractivity contribution in [3.05, 3.63) is 66.1 Å². The highest BCUT2D eigenvalue weighted by molar-refractivity contribution is 5.77. The molecule has 0 saturated carbocycles. The molecule has 0 bridgehead atoms. The summed E-state index contributed by atoms with van der Waals surface area (Å²) in [6.45, 7) is 7.96. The summed E-state index contributed by atoms with van der Waals surface area (Å²) in [4.78, 5) is 18.7. The van der Waals surface area contributed by atoms with Crippen LogP contribution >= 0.6 is 0 Å². The molecular formula is C22H25N5O3. The third-order valence-corrected chi connectivity index (χ3v) is 3.50. The Kier molecular flexibility index (Phi) is 9.05. The van der Waals surface area contributed by atoms with E-state index < -0.39 is 0 Å². The van der Waals surface area contributed by atoms with Gasteiger partial charge in [-0.15, -0.1) is 10.2 Å². The number of benzene rings is 1. The molecule has 0 spiro atoms. The van der Waals surface area contributed by atoms with Gasteiger partial charge in [0.1, 0.15) is 6.29 Å². The number of nitrogens with zero attached hydrogens (tertiary/aromatic N) is 5. The van der Waals surface area contributed by atoms with Crippen LogP contribution in [0.3, 0.4) is 0 Å². The average molecular weight is 407 g/mol. The molecular weight excluding hydrogens is 382 g/mol. The molecule has 156 valence electrons. The van der Waals surface area contributed by atoms with E-state index in [9.17, 15) is 4.79 Å². The van der Waals surface area contributed by atoms with Crippen molar-refractivity contribution in [1.29, 1.82) is 0 Å². The fraction of sp³-hybridized carbons (Fsp3) is 0.273. The topological polar surface area (TPSA) is 108 Å². The maximum absolute atomic E-state index is 10.6. The van der Waals surface area contributed by atoms with Crippen LogP contribution in [0.25, 0.3) is 22.8 Å². The van der Waals surface area contributed by atoms with Crippen molar-refractivity contribution in [1.82, 2.24) is 25.3 Å². The highest BCUT2D eigenvalue weighted by atomic mass is 16.5. The van der Waals surface area contributed by atoms with Gasteiger partial charge in [-0.05, 0) is 18.2 Å². The van der Waals surface area contributed by atoms with Gasteiger partial charge < -0.3 is 8.94 Å². The molecule has 3 aromatic heterocycles. The second-order valence-corrected chi connectivity index (χ2v) is 6.18. The summed E-state index contributed by atoms with van der Waals surface area (Å²) in [7, 11) is 0. The van der Waals surface area contributed by atoms with Gasteiger partial charge in [-0.25, -0.2) is 0 Å². The lowest BCUT2D eigenvalue weighted by Crippen LogP contribution is -1.85. The molecule has 8 heteroatoms. The lowest BCUT2D eigenvalue weighted by Gasteiger charge is -1.94. The maximum Gasteiger partial charge on any atom is 0.247 e. The third-order valence-electron chi connectivity index (χ3n) is 3.50. The van der Waals surface area contributed by atoms with Crippen molar-refractivity contribution in [3.63, 3.8) is 0 Å². The Morgan fingerprint density at radius 2 is 1.73 bits per heavy atom. The second-order valence-electron chi connectivity index (χ2n) is 6.18. The van der Waals surface area contributed by atoms with Crippen LogP contribution in [0.1, 0.15) is 49.3 Å². The van der Waals surface area contributed by atoms with E-state index >= 15 is 0 Å². The fourth-order valence-corrected chi connectivity index (χ4v) is 2.17. The quantitative estimate of drug-likeness (QED) is 0.436. The summed E-state index contributed by atoms with van der Waals surface area (Å²) in [6, 6.07) is 10.8. The first-order valence-corrected chi connectivity index (χ1v) is 9.69. The standard InChI is InChI=1S/C11H10N2O2.C8H7N3O.C3H8/c1-2-10-12-11(13-15-10)9-5-3-4-8(6-9)7-14;1-6-10-11-8(12-6)7-2-4-9-5-3-7;1-3-2/h3-7H,2H2,1H3;2-5H,1H3;3H2,1-2H3. The maximum atomic E-state index is 10.6. The molecule has 4 aromatic rings. The van der Waals surface area contributed by atoms with Gasteiger partial charge in [-0.1, -0.05) is 50.5 Å². The van der Waals surface area contributed by atoms with Gasteiger partial charge >= 0.3 is 0 Å². The Labute approximate surface area is 175 Å². The summed E-state index contributed by atoms with van der Waals surface area (Å²) in [6.07, 6.45) is 6.13. The van der Waals surface area contributed by atoms with E-state index in [0.717, 1.165) is 17.4 Å². The van der Waals surface area contributed by atoms with Gasteiger partial charge in [0.15, 0.2) is 0 Å². The van der Waals surface area contributed by atoms with Crippen molar-refractivity contribution in [2.24, 2.45) is 0 Å². The molecule has 0 aliphatic heterocycles. The van der Waals surface area contributed by atoms with Crippen LogP contribution in [0.5, 0.6) is 0 Å². The van der Waals surface area contributed by atoms with Crippen LogP contribution in [0.2, 0.25) is 0 Å². The minimum Gasteiger partial charge on any atom is -0.421 e. The Hall–Kier alpha value is -3.68. The van der Waals surface area contributed by atoms with Crippen LogP contribution in [-0.2, 0) is 6.42 Å². The van der Waals surface area contributed by atoms with E-state index in [1.54, 1.807) is 37.5 Å². The van der Waals surface area contributed by atoms with Crippen molar-refractivity contribution in [2.75, 3.05) is 0 Å². The van der Waals surface area contributed by atoms with Gasteiger partial charge in [-0.3, -0.25) is 9.78 Å². The van der Waals surface area contributed by atoms with E-state index in [2.05, 4.69) is 39.2 Å². The number of aldehydes is 1. The predicted octanol–water partition coefficient (Wildman–Crippen LogP) is 4.97. The number of hydrogen-bond donors (Lipinski definition) is 0. The Bertz CT molecular complexity index is 1030. The van der Waals surface area contributed by atoms with Crippen LogP contribution in [0.15, 0.2) is 57.7 Å². The number of carbonyl (C=O) groups excluding carboxylic acids is 1. The molecule has 0 fully saturated rings. The fourth-order valence-electron chi connectivity index (χ4n) is 2.17. The van der Waals surface area contributed by atoms with Crippen molar-refractivity contribution >= 4 is 6.29 Å². The van der Waals surface area contributed by atoms with E-state index in [-0.39, 0.29) is 0 Å². The Morgan fingerprint density at radius 1 is 1.00 bits per heavy atom. The smallest absolute Gasteiger partial charge is 0.247 e. The lowest BCUT2D eigenvalue weighted by atomic mass is 10.1. The van der Waals surface area contributed by atoms with Gasteiger partial charge in [0.05, 0.1) is 0 Å². The number of pyridine rings is 1. The normalized spacial score (nSPS) is 9.73. The third kappa shape index (κ3) is 6.73. The monoisotopic (exact) mass is 407 g/mol. The van der Waals surface area contributed by atoms with Gasteiger partial charge in [0.2, 0.25) is 23.5 Å². The lowest BCUT2D eigenvalue weighted by molar-refractivity contribution is 0.112. The van der Waals surface area contributed by atoms with Gasteiger partial charge in [-0.2, -0.15) is 4.98 Å². The van der Waals surface area contributed by atoms with Crippen molar-refractivity contribution in [3.8, 4) is 22.8 Å². The molecule has 0 aliphatic carbocycles. The largest absolute Gasteiger partial charge is 0.421 e. The minimum absolute atomic E-state index is 0.524. The Balaban J connectivity index is 0.000000193. The van der Waals surface area contributed by atoms with E-state index in [1.165, 1.54) is 6.42 Å². The first-order chi connectivity index (χ1) is 14.6. The van der Waals surface area contributed by atoms with Crippen LogP contribution in [0, 0.1) is 6.92 Å². The average Bonchev–Trinajstić information content (AvgIpc) is 3.45. The number of carbonyl (C=O) groups is 1. The predicted molar refractivity (Wildman–Crippen MR) is 113 cm³/mol. The summed E-state index contributed by atoms with van der Waals surface area (Å²) < 4.78 is 10.2. The van der Waals surface area contributed by atoms with Crippen molar-refractivity contribution in [2.45, 2.75) is 40.5 Å². The highest BCUT2D eigenvalue weighted by Gasteiger charge is 2.07. The molecule has 3 heterocycles. The van der Waals surface area contributed by atoms with Gasteiger partial charge in [0, 0.05) is 42.4 Å².